The summed E-state index contributed by atoms with van der Waals surface area (Å²) in [5, 5.41) is 12.4. The van der Waals surface area contributed by atoms with Crippen molar-refractivity contribution < 1.29 is 0 Å². The van der Waals surface area contributed by atoms with Crippen LogP contribution in [0, 0.1) is 17.2 Å². The molecule has 4 heteroatoms. The Morgan fingerprint density at radius 2 is 2.00 bits per heavy atom. The Balaban J connectivity index is 2.42. The number of rotatable bonds is 2. The van der Waals surface area contributed by atoms with E-state index in [-0.39, 0.29) is 16.5 Å². The van der Waals surface area contributed by atoms with Crippen molar-refractivity contribution in [3.8, 4) is 6.07 Å². The second-order valence-corrected chi connectivity index (χ2v) is 6.60. The smallest absolute Gasteiger partial charge is 0.268 e. The zero-order chi connectivity index (χ0) is 14.8. The Kier molecular flexibility index (Phi) is 4.29. The lowest BCUT2D eigenvalue weighted by Gasteiger charge is -2.28. The minimum absolute atomic E-state index is 0.0972. The van der Waals surface area contributed by atoms with Gasteiger partial charge < -0.3 is 9.88 Å². The summed E-state index contributed by atoms with van der Waals surface area (Å²) in [6.45, 7) is 9.07. The van der Waals surface area contributed by atoms with Crippen LogP contribution >= 0.6 is 0 Å². The SMILES string of the molecule is CC(C)(C)c1ccc(C#N)c(=O)n1CC1CCNCC1. The zero-order valence-electron chi connectivity index (χ0n) is 12.6. The maximum atomic E-state index is 12.5. The van der Waals surface area contributed by atoms with Crippen molar-refractivity contribution in [2.24, 2.45) is 5.92 Å². The van der Waals surface area contributed by atoms with Crippen LogP contribution in [0.1, 0.15) is 44.9 Å². The maximum Gasteiger partial charge on any atom is 0.268 e. The maximum absolute atomic E-state index is 12.5. The van der Waals surface area contributed by atoms with Gasteiger partial charge in [0.1, 0.15) is 11.6 Å². The van der Waals surface area contributed by atoms with Gasteiger partial charge in [0.05, 0.1) is 0 Å². The number of nitrogens with one attached hydrogen (secondary N) is 1. The molecule has 2 rings (SSSR count). The topological polar surface area (TPSA) is 57.8 Å². The van der Waals surface area contributed by atoms with E-state index in [0.717, 1.165) is 38.2 Å². The highest BCUT2D eigenvalue weighted by atomic mass is 16.1. The Hall–Kier alpha value is -1.60. The number of piperidine rings is 1. The van der Waals surface area contributed by atoms with Crippen LogP contribution in [0.5, 0.6) is 0 Å². The molecule has 0 spiro atoms. The Morgan fingerprint density at radius 3 is 2.55 bits per heavy atom. The largest absolute Gasteiger partial charge is 0.317 e. The normalized spacial score (nSPS) is 16.9. The van der Waals surface area contributed by atoms with E-state index in [1.807, 2.05) is 16.7 Å². The third kappa shape index (κ3) is 3.10. The van der Waals surface area contributed by atoms with Gasteiger partial charge in [0.25, 0.3) is 5.56 Å². The minimum atomic E-state index is -0.140. The van der Waals surface area contributed by atoms with Crippen LogP contribution in [-0.4, -0.2) is 17.7 Å². The van der Waals surface area contributed by atoms with Crippen molar-refractivity contribution in [1.29, 1.82) is 5.26 Å². The van der Waals surface area contributed by atoms with Gasteiger partial charge in [-0.15, -0.1) is 0 Å². The molecule has 0 atom stereocenters. The fourth-order valence-corrected chi connectivity index (χ4v) is 2.82. The summed E-state index contributed by atoms with van der Waals surface area (Å²) in [5.41, 5.74) is 1.02. The fourth-order valence-electron chi connectivity index (χ4n) is 2.82. The van der Waals surface area contributed by atoms with Crippen molar-refractivity contribution >= 4 is 0 Å². The molecule has 1 saturated heterocycles. The molecule has 0 amide bonds. The number of nitriles is 1. The summed E-state index contributed by atoms with van der Waals surface area (Å²) in [7, 11) is 0. The molecule has 2 heterocycles. The van der Waals surface area contributed by atoms with Crippen molar-refractivity contribution in [3.63, 3.8) is 0 Å². The first kappa shape index (κ1) is 14.8. The highest BCUT2D eigenvalue weighted by Crippen LogP contribution is 2.23. The lowest BCUT2D eigenvalue weighted by molar-refractivity contribution is 0.319. The molecular weight excluding hydrogens is 250 g/mol. The van der Waals surface area contributed by atoms with E-state index >= 15 is 0 Å². The Bertz CT molecular complexity index is 569. The van der Waals surface area contributed by atoms with Gasteiger partial charge in [-0.05, 0) is 44.0 Å². The van der Waals surface area contributed by atoms with Gasteiger partial charge in [-0.1, -0.05) is 20.8 Å². The molecule has 1 aliphatic rings. The molecule has 0 radical (unpaired) electrons. The third-order valence-corrected chi connectivity index (χ3v) is 3.96. The average Bonchev–Trinajstić information content (AvgIpc) is 2.41. The van der Waals surface area contributed by atoms with Crippen molar-refractivity contribution in [2.75, 3.05) is 13.1 Å². The summed E-state index contributed by atoms with van der Waals surface area (Å²) in [5.74, 6) is 0.518. The molecule has 20 heavy (non-hydrogen) atoms. The average molecular weight is 273 g/mol. The van der Waals surface area contributed by atoms with E-state index < -0.39 is 0 Å². The van der Waals surface area contributed by atoms with Crippen LogP contribution in [0.3, 0.4) is 0 Å². The quantitative estimate of drug-likeness (QED) is 0.897. The molecule has 1 aromatic rings. The summed E-state index contributed by atoms with van der Waals surface area (Å²) in [6.07, 6.45) is 2.18. The van der Waals surface area contributed by atoms with Crippen molar-refractivity contribution in [1.82, 2.24) is 9.88 Å². The molecule has 0 saturated carbocycles. The lowest BCUT2D eigenvalue weighted by Crippen LogP contribution is -2.36. The van der Waals surface area contributed by atoms with E-state index in [1.54, 1.807) is 6.07 Å². The summed E-state index contributed by atoms with van der Waals surface area (Å²) in [4.78, 5) is 12.5. The molecule has 1 aromatic heterocycles. The first-order chi connectivity index (χ1) is 9.43. The number of hydrogen-bond donors (Lipinski definition) is 1. The molecular formula is C16H23N3O. The summed E-state index contributed by atoms with van der Waals surface area (Å²) < 4.78 is 1.83. The molecule has 0 bridgehead atoms. The van der Waals surface area contributed by atoms with E-state index in [2.05, 4.69) is 26.1 Å². The Morgan fingerprint density at radius 1 is 1.35 bits per heavy atom. The molecule has 1 aliphatic heterocycles. The molecule has 1 N–H and O–H groups in total. The van der Waals surface area contributed by atoms with E-state index in [4.69, 9.17) is 5.26 Å². The van der Waals surface area contributed by atoms with E-state index in [9.17, 15) is 4.79 Å². The molecule has 0 aliphatic carbocycles. The zero-order valence-corrected chi connectivity index (χ0v) is 12.6. The van der Waals surface area contributed by atoms with Crippen LogP contribution in [0.15, 0.2) is 16.9 Å². The number of hydrogen-bond acceptors (Lipinski definition) is 3. The predicted molar refractivity (Wildman–Crippen MR) is 79.7 cm³/mol. The third-order valence-electron chi connectivity index (χ3n) is 3.96. The van der Waals surface area contributed by atoms with Gasteiger partial charge in [0.2, 0.25) is 0 Å². The van der Waals surface area contributed by atoms with E-state index in [1.165, 1.54) is 0 Å². The summed E-state index contributed by atoms with van der Waals surface area (Å²) in [6, 6.07) is 5.59. The molecule has 108 valence electrons. The first-order valence-corrected chi connectivity index (χ1v) is 7.28. The Labute approximate surface area is 120 Å². The predicted octanol–water partition coefficient (Wildman–Crippen LogP) is 2.02. The van der Waals surface area contributed by atoms with Crippen molar-refractivity contribution in [2.45, 2.75) is 45.6 Å². The van der Waals surface area contributed by atoms with Crippen LogP contribution in [0.4, 0.5) is 0 Å². The van der Waals surface area contributed by atoms with Gasteiger partial charge in [0, 0.05) is 17.7 Å². The van der Waals surface area contributed by atoms with Crippen LogP contribution in [0.25, 0.3) is 0 Å². The number of nitrogens with zero attached hydrogens (tertiary/aromatic N) is 2. The molecule has 4 nitrogen and oxygen atoms in total. The molecule has 0 aromatic carbocycles. The lowest BCUT2D eigenvalue weighted by atomic mass is 9.89. The highest BCUT2D eigenvalue weighted by Gasteiger charge is 2.23. The van der Waals surface area contributed by atoms with Gasteiger partial charge in [-0.2, -0.15) is 5.26 Å². The highest BCUT2D eigenvalue weighted by molar-refractivity contribution is 5.30. The monoisotopic (exact) mass is 273 g/mol. The van der Waals surface area contributed by atoms with Gasteiger partial charge >= 0.3 is 0 Å². The summed E-state index contributed by atoms with van der Waals surface area (Å²) >= 11 is 0. The van der Waals surface area contributed by atoms with Crippen molar-refractivity contribution in [3.05, 3.63) is 33.7 Å². The fraction of sp³-hybridized carbons (Fsp3) is 0.625. The van der Waals surface area contributed by atoms with E-state index in [0.29, 0.717) is 5.92 Å². The van der Waals surface area contributed by atoms with Crippen LogP contribution in [-0.2, 0) is 12.0 Å². The van der Waals surface area contributed by atoms with Gasteiger partial charge in [-0.25, -0.2) is 0 Å². The molecule has 1 fully saturated rings. The standard InChI is InChI=1S/C16H23N3O/c1-16(2,3)14-5-4-13(10-17)15(20)19(14)11-12-6-8-18-9-7-12/h4-5,12,18H,6-9,11H2,1-3H3. The second kappa shape index (κ2) is 5.80. The number of aromatic nitrogens is 1. The number of pyridine rings is 1. The first-order valence-electron chi connectivity index (χ1n) is 7.28. The van der Waals surface area contributed by atoms with Crippen LogP contribution < -0.4 is 10.9 Å². The molecule has 0 unspecified atom stereocenters. The van der Waals surface area contributed by atoms with Crippen LogP contribution in [0.2, 0.25) is 0 Å². The minimum Gasteiger partial charge on any atom is -0.317 e. The van der Waals surface area contributed by atoms with Gasteiger partial charge in [0.15, 0.2) is 0 Å². The second-order valence-electron chi connectivity index (χ2n) is 6.60. The van der Waals surface area contributed by atoms with Gasteiger partial charge in [-0.3, -0.25) is 4.79 Å².